The van der Waals surface area contributed by atoms with Gasteiger partial charge in [0.2, 0.25) is 0 Å². The molecule has 17 heavy (non-hydrogen) atoms. The van der Waals surface area contributed by atoms with E-state index < -0.39 is 0 Å². The van der Waals surface area contributed by atoms with Crippen LogP contribution in [0.3, 0.4) is 0 Å². The summed E-state index contributed by atoms with van der Waals surface area (Å²) < 4.78 is 1.86. The first-order chi connectivity index (χ1) is 8.27. The molecule has 0 atom stereocenters. The van der Waals surface area contributed by atoms with Gasteiger partial charge in [0.1, 0.15) is 0 Å². The summed E-state index contributed by atoms with van der Waals surface area (Å²) in [7, 11) is 0. The molecule has 3 rings (SSSR count). The molecule has 0 saturated carbocycles. The van der Waals surface area contributed by atoms with Crippen molar-refractivity contribution in [1.82, 2.24) is 15.0 Å². The predicted molar refractivity (Wildman–Crippen MR) is 67.2 cm³/mol. The molecule has 0 amide bonds. The number of hydrogen-bond acceptors (Lipinski definition) is 3. The van der Waals surface area contributed by atoms with Crippen LogP contribution in [0.2, 0.25) is 0 Å². The van der Waals surface area contributed by atoms with Crippen LogP contribution in [0.5, 0.6) is 0 Å². The van der Waals surface area contributed by atoms with Crippen LogP contribution in [0, 0.1) is 6.92 Å². The minimum absolute atomic E-state index is 0.512. The van der Waals surface area contributed by atoms with E-state index in [9.17, 15) is 0 Å². The molecule has 1 aromatic heterocycles. The average molecular weight is 228 g/mol. The molecule has 1 aliphatic rings. The highest BCUT2D eigenvalue weighted by Gasteiger charge is 2.16. The van der Waals surface area contributed by atoms with E-state index in [0.29, 0.717) is 5.82 Å². The van der Waals surface area contributed by atoms with Crippen LogP contribution in [-0.2, 0) is 12.8 Å². The zero-order valence-corrected chi connectivity index (χ0v) is 9.98. The van der Waals surface area contributed by atoms with Gasteiger partial charge < -0.3 is 5.73 Å². The van der Waals surface area contributed by atoms with Crippen molar-refractivity contribution in [3.63, 3.8) is 0 Å². The van der Waals surface area contributed by atoms with Crippen molar-refractivity contribution >= 4 is 5.82 Å². The van der Waals surface area contributed by atoms with Gasteiger partial charge in [-0.05, 0) is 49.8 Å². The number of anilines is 1. The molecule has 0 spiro atoms. The fourth-order valence-corrected chi connectivity index (χ4v) is 2.53. The Morgan fingerprint density at radius 2 is 2.06 bits per heavy atom. The quantitative estimate of drug-likeness (QED) is 0.812. The molecule has 88 valence electrons. The topological polar surface area (TPSA) is 56.7 Å². The second-order valence-electron chi connectivity index (χ2n) is 4.59. The Morgan fingerprint density at radius 3 is 2.82 bits per heavy atom. The maximum Gasteiger partial charge on any atom is 0.169 e. The Hall–Kier alpha value is -1.84. The van der Waals surface area contributed by atoms with Gasteiger partial charge in [0.15, 0.2) is 5.82 Å². The van der Waals surface area contributed by atoms with Crippen molar-refractivity contribution < 1.29 is 0 Å². The van der Waals surface area contributed by atoms with E-state index in [1.165, 1.54) is 30.4 Å². The standard InChI is InChI=1S/C13H16N4/c1-9-13(14)15-16-17(9)12-8-4-6-10-5-2-3-7-11(10)12/h4,6,8H,2-3,5,7,14H2,1H3. The summed E-state index contributed by atoms with van der Waals surface area (Å²) in [6.07, 6.45) is 4.85. The molecule has 0 fully saturated rings. The smallest absolute Gasteiger partial charge is 0.169 e. The second kappa shape index (κ2) is 3.87. The SMILES string of the molecule is Cc1c(N)nnn1-c1cccc2c1CCCC2. The lowest BCUT2D eigenvalue weighted by atomic mass is 9.90. The molecule has 0 unspecified atom stereocenters. The van der Waals surface area contributed by atoms with Crippen LogP contribution in [0.1, 0.15) is 29.7 Å². The Bertz CT molecular complexity index is 557. The summed E-state index contributed by atoms with van der Waals surface area (Å²) >= 11 is 0. The Labute approximate surface area is 100 Å². The van der Waals surface area contributed by atoms with Gasteiger partial charge in [-0.1, -0.05) is 17.3 Å². The lowest BCUT2D eigenvalue weighted by molar-refractivity contribution is 0.671. The van der Waals surface area contributed by atoms with E-state index >= 15 is 0 Å². The molecule has 0 saturated heterocycles. The Balaban J connectivity index is 2.18. The molecule has 1 heterocycles. The highest BCUT2D eigenvalue weighted by molar-refractivity contribution is 5.49. The van der Waals surface area contributed by atoms with Crippen molar-refractivity contribution in [2.24, 2.45) is 0 Å². The van der Waals surface area contributed by atoms with Crippen LogP contribution in [0.15, 0.2) is 18.2 Å². The third kappa shape index (κ3) is 1.60. The highest BCUT2D eigenvalue weighted by Crippen LogP contribution is 2.27. The van der Waals surface area contributed by atoms with E-state index in [-0.39, 0.29) is 0 Å². The first kappa shape index (κ1) is 10.3. The number of aromatic nitrogens is 3. The molecule has 0 bridgehead atoms. The number of aryl methyl sites for hydroxylation is 1. The van der Waals surface area contributed by atoms with Crippen molar-refractivity contribution in [2.75, 3.05) is 5.73 Å². The summed E-state index contributed by atoms with van der Waals surface area (Å²) in [5.41, 5.74) is 10.7. The molecule has 0 aliphatic heterocycles. The summed E-state index contributed by atoms with van der Waals surface area (Å²) in [5, 5.41) is 8.07. The number of hydrogen-bond donors (Lipinski definition) is 1. The number of nitrogens with two attached hydrogens (primary N) is 1. The number of rotatable bonds is 1. The normalized spacial score (nSPS) is 14.6. The van der Waals surface area contributed by atoms with Gasteiger partial charge in [-0.15, -0.1) is 5.10 Å². The lowest BCUT2D eigenvalue weighted by Crippen LogP contribution is -2.10. The zero-order chi connectivity index (χ0) is 11.8. The maximum absolute atomic E-state index is 5.76. The van der Waals surface area contributed by atoms with Crippen LogP contribution >= 0.6 is 0 Å². The van der Waals surface area contributed by atoms with Gasteiger partial charge in [-0.3, -0.25) is 0 Å². The van der Waals surface area contributed by atoms with E-state index in [2.05, 4.69) is 28.5 Å². The molecule has 1 aromatic carbocycles. The van der Waals surface area contributed by atoms with Gasteiger partial charge in [0, 0.05) is 0 Å². The minimum Gasteiger partial charge on any atom is -0.381 e. The van der Waals surface area contributed by atoms with Gasteiger partial charge in [0.05, 0.1) is 11.4 Å². The number of fused-ring (bicyclic) bond motifs is 1. The largest absolute Gasteiger partial charge is 0.381 e. The van der Waals surface area contributed by atoms with Gasteiger partial charge in [0.25, 0.3) is 0 Å². The van der Waals surface area contributed by atoms with Crippen LogP contribution in [0.4, 0.5) is 5.82 Å². The third-order valence-corrected chi connectivity index (χ3v) is 3.53. The van der Waals surface area contributed by atoms with E-state index in [1.807, 2.05) is 11.6 Å². The zero-order valence-electron chi connectivity index (χ0n) is 9.98. The van der Waals surface area contributed by atoms with Gasteiger partial charge >= 0.3 is 0 Å². The summed E-state index contributed by atoms with van der Waals surface area (Å²) in [4.78, 5) is 0. The second-order valence-corrected chi connectivity index (χ2v) is 4.59. The predicted octanol–water partition coefficient (Wildman–Crippen LogP) is 2.04. The van der Waals surface area contributed by atoms with Gasteiger partial charge in [-0.25, -0.2) is 4.68 Å². The molecule has 0 radical (unpaired) electrons. The Morgan fingerprint density at radius 1 is 1.24 bits per heavy atom. The fraction of sp³-hybridized carbons (Fsp3) is 0.385. The van der Waals surface area contributed by atoms with Gasteiger partial charge in [-0.2, -0.15) is 0 Å². The fourth-order valence-electron chi connectivity index (χ4n) is 2.53. The summed E-state index contributed by atoms with van der Waals surface area (Å²) in [6.45, 7) is 1.96. The summed E-state index contributed by atoms with van der Waals surface area (Å²) in [5.74, 6) is 0.512. The van der Waals surface area contributed by atoms with Crippen LogP contribution in [0.25, 0.3) is 5.69 Å². The lowest BCUT2D eigenvalue weighted by Gasteiger charge is -2.19. The van der Waals surface area contributed by atoms with E-state index in [1.54, 1.807) is 0 Å². The number of nitrogen functional groups attached to an aromatic ring is 1. The monoisotopic (exact) mass is 228 g/mol. The van der Waals surface area contributed by atoms with Crippen molar-refractivity contribution in [3.05, 3.63) is 35.0 Å². The van der Waals surface area contributed by atoms with Crippen molar-refractivity contribution in [2.45, 2.75) is 32.6 Å². The molecule has 2 aromatic rings. The molecule has 4 heteroatoms. The number of benzene rings is 1. The van der Waals surface area contributed by atoms with Crippen molar-refractivity contribution in [3.8, 4) is 5.69 Å². The first-order valence-electron chi connectivity index (χ1n) is 6.06. The maximum atomic E-state index is 5.76. The molecular formula is C13H16N4. The summed E-state index contributed by atoms with van der Waals surface area (Å²) in [6, 6.07) is 6.41. The van der Waals surface area contributed by atoms with Crippen molar-refractivity contribution in [1.29, 1.82) is 0 Å². The molecule has 2 N–H and O–H groups in total. The molecule has 4 nitrogen and oxygen atoms in total. The minimum atomic E-state index is 0.512. The number of nitrogens with zero attached hydrogens (tertiary/aromatic N) is 3. The third-order valence-electron chi connectivity index (χ3n) is 3.53. The van der Waals surface area contributed by atoms with Crippen LogP contribution < -0.4 is 5.73 Å². The molecular weight excluding hydrogens is 212 g/mol. The van der Waals surface area contributed by atoms with E-state index in [0.717, 1.165) is 17.8 Å². The highest BCUT2D eigenvalue weighted by atomic mass is 15.4. The first-order valence-corrected chi connectivity index (χ1v) is 6.06. The Kier molecular flexibility index (Phi) is 2.35. The van der Waals surface area contributed by atoms with E-state index in [4.69, 9.17) is 5.73 Å². The van der Waals surface area contributed by atoms with Crippen LogP contribution in [-0.4, -0.2) is 15.0 Å². The average Bonchev–Trinajstić information content (AvgIpc) is 2.69. The molecule has 1 aliphatic carbocycles.